The smallest absolute Gasteiger partial charge is 0.178 e. The number of hydrogen-bond acceptors (Lipinski definition) is 3. The van der Waals surface area contributed by atoms with Crippen molar-refractivity contribution in [3.05, 3.63) is 11.3 Å². The zero-order valence-electron chi connectivity index (χ0n) is 13.8. The van der Waals surface area contributed by atoms with Crippen LogP contribution in [0.25, 0.3) is 0 Å². The number of carbonyl (C=O) groups is 2. The molecule has 0 heterocycles. The average Bonchev–Trinajstić information content (AvgIpc) is 2.79. The molecule has 2 N–H and O–H groups in total. The lowest BCUT2D eigenvalue weighted by Gasteiger charge is -2.57. The molecule has 3 nitrogen and oxygen atoms in total. The second kappa shape index (κ2) is 4.46. The summed E-state index contributed by atoms with van der Waals surface area (Å²) in [5.74, 6) is 2.49. The molecule has 0 saturated heterocycles. The van der Waals surface area contributed by atoms with Crippen LogP contribution < -0.4 is 5.73 Å². The van der Waals surface area contributed by atoms with E-state index in [1.807, 2.05) is 0 Å². The molecule has 4 aliphatic rings. The standard InChI is InChI=1S/C19H27NO2/c1-18-10-8-15(21)17(20)14(18)4-3-11-12-5-6-16(22)19(12,2)9-7-13(11)18/h11-13H,3-10,20H2,1-2H3/t11-,12-,13+,18+,19-/m0/s1. The Hall–Kier alpha value is -1.12. The third-order valence-corrected chi connectivity index (χ3v) is 7.88. The second-order valence-electron chi connectivity index (χ2n) is 8.57. The van der Waals surface area contributed by atoms with Crippen molar-refractivity contribution in [1.29, 1.82) is 0 Å². The number of carbonyl (C=O) groups excluding carboxylic acids is 2. The Morgan fingerprint density at radius 3 is 2.41 bits per heavy atom. The quantitative estimate of drug-likeness (QED) is 0.746. The molecular formula is C19H27NO2. The molecule has 0 aromatic rings. The van der Waals surface area contributed by atoms with E-state index in [4.69, 9.17) is 5.73 Å². The third-order valence-electron chi connectivity index (χ3n) is 7.88. The summed E-state index contributed by atoms with van der Waals surface area (Å²) in [5.41, 5.74) is 8.04. The van der Waals surface area contributed by atoms with Gasteiger partial charge in [0.15, 0.2) is 5.78 Å². The van der Waals surface area contributed by atoms with Crippen LogP contribution in [0.5, 0.6) is 0 Å². The predicted octanol–water partition coefficient (Wildman–Crippen LogP) is 3.37. The van der Waals surface area contributed by atoms with Crippen LogP contribution in [0.1, 0.15) is 65.2 Å². The fourth-order valence-corrected chi connectivity index (χ4v) is 6.53. The first-order chi connectivity index (χ1) is 10.4. The van der Waals surface area contributed by atoms with Crippen LogP contribution in [0.4, 0.5) is 0 Å². The van der Waals surface area contributed by atoms with Gasteiger partial charge in [-0.1, -0.05) is 13.8 Å². The number of rotatable bonds is 0. The van der Waals surface area contributed by atoms with E-state index < -0.39 is 0 Å². The summed E-state index contributed by atoms with van der Waals surface area (Å²) in [6.45, 7) is 4.56. The molecule has 0 bridgehead atoms. The van der Waals surface area contributed by atoms with E-state index in [1.54, 1.807) is 0 Å². The SMILES string of the molecule is C[C@]12CCC(=O)C(N)=C1CC[C@@H]1[C@H]2CC[C@]2(C)C(=O)CC[C@@H]12. The lowest BCUT2D eigenvalue weighted by Crippen LogP contribution is -2.51. The summed E-state index contributed by atoms with van der Waals surface area (Å²) >= 11 is 0. The summed E-state index contributed by atoms with van der Waals surface area (Å²) in [5, 5.41) is 0. The van der Waals surface area contributed by atoms with Gasteiger partial charge in [0.2, 0.25) is 0 Å². The van der Waals surface area contributed by atoms with Crippen LogP contribution in [0.2, 0.25) is 0 Å². The molecule has 3 heteroatoms. The van der Waals surface area contributed by atoms with Crippen molar-refractivity contribution in [3.8, 4) is 0 Å². The van der Waals surface area contributed by atoms with Gasteiger partial charge in [0, 0.05) is 18.3 Å². The fourth-order valence-electron chi connectivity index (χ4n) is 6.53. The Balaban J connectivity index is 1.73. The Kier molecular flexibility index (Phi) is 2.93. The Labute approximate surface area is 132 Å². The normalized spacial score (nSPS) is 48.0. The summed E-state index contributed by atoms with van der Waals surface area (Å²) in [6, 6.07) is 0. The molecule has 0 aromatic carbocycles. The Morgan fingerprint density at radius 1 is 0.909 bits per heavy atom. The van der Waals surface area contributed by atoms with E-state index in [2.05, 4.69) is 13.8 Å². The van der Waals surface area contributed by atoms with Crippen LogP contribution in [-0.4, -0.2) is 11.6 Å². The molecule has 0 aliphatic heterocycles. The Morgan fingerprint density at radius 2 is 1.64 bits per heavy atom. The summed E-state index contributed by atoms with van der Waals surface area (Å²) in [4.78, 5) is 24.4. The van der Waals surface area contributed by atoms with Crippen molar-refractivity contribution in [1.82, 2.24) is 0 Å². The van der Waals surface area contributed by atoms with Crippen LogP contribution >= 0.6 is 0 Å². The molecule has 0 unspecified atom stereocenters. The minimum absolute atomic E-state index is 0.0607. The predicted molar refractivity (Wildman–Crippen MR) is 84.8 cm³/mol. The summed E-state index contributed by atoms with van der Waals surface area (Å²) < 4.78 is 0. The highest BCUT2D eigenvalue weighted by molar-refractivity contribution is 5.96. The molecule has 0 radical (unpaired) electrons. The zero-order chi connectivity index (χ0) is 15.7. The monoisotopic (exact) mass is 301 g/mol. The maximum absolute atomic E-state index is 12.4. The van der Waals surface area contributed by atoms with Crippen LogP contribution in [-0.2, 0) is 9.59 Å². The van der Waals surface area contributed by atoms with Gasteiger partial charge >= 0.3 is 0 Å². The van der Waals surface area contributed by atoms with E-state index in [1.165, 1.54) is 5.57 Å². The molecule has 5 atom stereocenters. The number of ketones is 2. The van der Waals surface area contributed by atoms with E-state index in [-0.39, 0.29) is 16.6 Å². The van der Waals surface area contributed by atoms with Crippen molar-refractivity contribution in [3.63, 3.8) is 0 Å². The fraction of sp³-hybridized carbons (Fsp3) is 0.789. The van der Waals surface area contributed by atoms with E-state index in [0.717, 1.165) is 44.9 Å². The number of hydrogen-bond donors (Lipinski definition) is 1. The van der Waals surface area contributed by atoms with Gasteiger partial charge in [0.25, 0.3) is 0 Å². The molecule has 0 aromatic heterocycles. The largest absolute Gasteiger partial charge is 0.396 e. The van der Waals surface area contributed by atoms with Gasteiger partial charge in [-0.3, -0.25) is 9.59 Å². The Bertz CT molecular complexity index is 592. The van der Waals surface area contributed by atoms with E-state index in [0.29, 0.717) is 35.7 Å². The highest BCUT2D eigenvalue weighted by Gasteiger charge is 2.59. The number of nitrogens with two attached hydrogens (primary N) is 1. The maximum atomic E-state index is 12.4. The van der Waals surface area contributed by atoms with Crippen molar-refractivity contribution >= 4 is 11.6 Å². The average molecular weight is 301 g/mol. The highest BCUT2D eigenvalue weighted by atomic mass is 16.1. The van der Waals surface area contributed by atoms with Gasteiger partial charge in [-0.15, -0.1) is 0 Å². The highest BCUT2D eigenvalue weighted by Crippen LogP contribution is 2.64. The molecule has 3 saturated carbocycles. The first kappa shape index (κ1) is 14.5. The first-order valence-corrected chi connectivity index (χ1v) is 8.93. The van der Waals surface area contributed by atoms with Gasteiger partial charge in [0.05, 0.1) is 5.70 Å². The molecule has 4 aliphatic carbocycles. The van der Waals surface area contributed by atoms with Gasteiger partial charge in [-0.25, -0.2) is 0 Å². The van der Waals surface area contributed by atoms with Crippen molar-refractivity contribution in [2.45, 2.75) is 65.2 Å². The van der Waals surface area contributed by atoms with Crippen molar-refractivity contribution in [2.24, 2.45) is 34.3 Å². The third kappa shape index (κ3) is 1.63. The van der Waals surface area contributed by atoms with Crippen LogP contribution in [0.15, 0.2) is 11.3 Å². The summed E-state index contributed by atoms with van der Waals surface area (Å²) in [7, 11) is 0. The summed E-state index contributed by atoms with van der Waals surface area (Å²) in [6.07, 6.45) is 7.69. The number of allylic oxidation sites excluding steroid dienone is 1. The minimum atomic E-state index is -0.0607. The van der Waals surface area contributed by atoms with Gasteiger partial charge < -0.3 is 5.73 Å². The molecule has 120 valence electrons. The first-order valence-electron chi connectivity index (χ1n) is 8.93. The minimum Gasteiger partial charge on any atom is -0.396 e. The maximum Gasteiger partial charge on any atom is 0.178 e. The van der Waals surface area contributed by atoms with Crippen molar-refractivity contribution in [2.75, 3.05) is 0 Å². The topological polar surface area (TPSA) is 60.2 Å². The molecule has 0 amide bonds. The van der Waals surface area contributed by atoms with Crippen molar-refractivity contribution < 1.29 is 9.59 Å². The second-order valence-corrected chi connectivity index (χ2v) is 8.57. The van der Waals surface area contributed by atoms with Gasteiger partial charge in [-0.05, 0) is 67.3 Å². The van der Waals surface area contributed by atoms with E-state index in [9.17, 15) is 9.59 Å². The molecule has 0 spiro atoms. The van der Waals surface area contributed by atoms with Gasteiger partial charge in [-0.2, -0.15) is 0 Å². The molecular weight excluding hydrogens is 274 g/mol. The molecule has 22 heavy (non-hydrogen) atoms. The lowest BCUT2D eigenvalue weighted by atomic mass is 9.47. The number of fused-ring (bicyclic) bond motifs is 5. The van der Waals surface area contributed by atoms with Crippen LogP contribution in [0, 0.1) is 28.6 Å². The molecule has 3 fully saturated rings. The zero-order valence-corrected chi connectivity index (χ0v) is 13.8. The number of Topliss-reactive ketones (excluding diaryl/α,β-unsaturated/α-hetero) is 2. The molecule has 4 rings (SSSR count). The van der Waals surface area contributed by atoms with Crippen LogP contribution in [0.3, 0.4) is 0 Å². The van der Waals surface area contributed by atoms with Gasteiger partial charge in [0.1, 0.15) is 5.78 Å². The van der Waals surface area contributed by atoms with E-state index >= 15 is 0 Å². The lowest BCUT2D eigenvalue weighted by molar-refractivity contribution is -0.132.